The number of hydrogen-bond acceptors (Lipinski definition) is 4. The summed E-state index contributed by atoms with van der Waals surface area (Å²) in [5.74, 6) is 2.68. The fourth-order valence-electron chi connectivity index (χ4n) is 9.50. The second-order valence-corrected chi connectivity index (χ2v) is 17.4. The van der Waals surface area contributed by atoms with Gasteiger partial charge in [-0.15, -0.1) is 0 Å². The van der Waals surface area contributed by atoms with Gasteiger partial charge in [0.25, 0.3) is 0 Å². The molecule has 1 saturated carbocycles. The van der Waals surface area contributed by atoms with Crippen LogP contribution in [0.3, 0.4) is 0 Å². The fourth-order valence-corrected chi connectivity index (χ4v) is 9.50. The second-order valence-electron chi connectivity index (χ2n) is 17.4. The molecule has 3 heterocycles. The van der Waals surface area contributed by atoms with E-state index in [0.29, 0.717) is 18.2 Å². The highest BCUT2D eigenvalue weighted by Crippen LogP contribution is 2.59. The quantitative estimate of drug-likeness (QED) is 0.178. The SMILES string of the molecule is [2H]c1c([2H])c([2H])c(N2CN(c3cc(Oc4ccc5c6ccccc6n(-c6cc(C(C)(C)C)ccn6)c5c4)cc(C(C)(C)C)c3)C3C2[C@H]2C[C@@H]3c3ccccc32)c([2H])c1[2H]. The molecule has 2 fully saturated rings. The van der Waals surface area contributed by atoms with Gasteiger partial charge in [-0.3, -0.25) is 4.57 Å². The van der Waals surface area contributed by atoms with Crippen LogP contribution in [-0.4, -0.2) is 28.3 Å². The summed E-state index contributed by atoms with van der Waals surface area (Å²) in [4.78, 5) is 9.38. The van der Waals surface area contributed by atoms with Crippen LogP contribution in [0.4, 0.5) is 11.4 Å². The van der Waals surface area contributed by atoms with Crippen molar-refractivity contribution in [2.45, 2.75) is 82.7 Å². The molecule has 5 aromatic carbocycles. The van der Waals surface area contributed by atoms with Crippen molar-refractivity contribution in [3.8, 4) is 17.3 Å². The Morgan fingerprint density at radius 1 is 0.630 bits per heavy atom. The number of ether oxygens (including phenoxy) is 1. The smallest absolute Gasteiger partial charge is 0.137 e. The van der Waals surface area contributed by atoms with Crippen LogP contribution >= 0.6 is 0 Å². The highest BCUT2D eigenvalue weighted by Gasteiger charge is 2.58. The Bertz CT molecular complexity index is 2830. The van der Waals surface area contributed by atoms with Crippen molar-refractivity contribution >= 4 is 33.2 Å². The molecule has 2 bridgehead atoms. The molecule has 2 aromatic heterocycles. The first kappa shape index (κ1) is 28.0. The van der Waals surface area contributed by atoms with Crippen molar-refractivity contribution in [1.82, 2.24) is 9.55 Å². The van der Waals surface area contributed by atoms with Gasteiger partial charge in [0.1, 0.15) is 17.3 Å². The first-order valence-electron chi connectivity index (χ1n) is 21.6. The number of hydrogen-bond donors (Lipinski definition) is 0. The Labute approximate surface area is 325 Å². The van der Waals surface area contributed by atoms with Crippen molar-refractivity contribution in [2.75, 3.05) is 16.5 Å². The highest BCUT2D eigenvalue weighted by molar-refractivity contribution is 6.09. The normalized spacial score (nSPS) is 21.9. The molecular formula is C49H48N4O. The molecule has 1 saturated heterocycles. The Morgan fingerprint density at radius 2 is 1.30 bits per heavy atom. The van der Waals surface area contributed by atoms with Gasteiger partial charge in [-0.1, -0.05) is 102 Å². The lowest BCUT2D eigenvalue weighted by molar-refractivity contribution is 0.478. The number of para-hydroxylation sites is 2. The summed E-state index contributed by atoms with van der Waals surface area (Å²) >= 11 is 0. The first-order chi connectivity index (χ1) is 28.1. The van der Waals surface area contributed by atoms with Gasteiger partial charge in [0.15, 0.2) is 0 Å². The molecule has 5 nitrogen and oxygen atoms in total. The number of rotatable bonds is 5. The third-order valence-corrected chi connectivity index (χ3v) is 12.1. The molecule has 7 aromatic rings. The fraction of sp³-hybridized carbons (Fsp3) is 0.286. The van der Waals surface area contributed by atoms with Gasteiger partial charge in [-0.05, 0) is 94.1 Å². The minimum Gasteiger partial charge on any atom is -0.457 e. The van der Waals surface area contributed by atoms with Crippen LogP contribution in [0.2, 0.25) is 0 Å². The highest BCUT2D eigenvalue weighted by atomic mass is 16.5. The molecule has 54 heavy (non-hydrogen) atoms. The van der Waals surface area contributed by atoms with E-state index in [1.165, 1.54) is 16.7 Å². The Balaban J connectivity index is 1.10. The second kappa shape index (κ2) is 12.0. The molecule has 0 radical (unpaired) electrons. The maximum absolute atomic E-state index is 9.02. The van der Waals surface area contributed by atoms with Gasteiger partial charge in [0, 0.05) is 52.3 Å². The van der Waals surface area contributed by atoms with E-state index < -0.39 is 0 Å². The van der Waals surface area contributed by atoms with Gasteiger partial charge in [0.2, 0.25) is 0 Å². The lowest BCUT2D eigenvalue weighted by atomic mass is 9.83. The summed E-state index contributed by atoms with van der Waals surface area (Å²) in [6.45, 7) is 13.7. The van der Waals surface area contributed by atoms with Gasteiger partial charge in [-0.2, -0.15) is 0 Å². The molecule has 5 heteroatoms. The maximum atomic E-state index is 9.02. The lowest BCUT2D eigenvalue weighted by Gasteiger charge is -2.35. The van der Waals surface area contributed by atoms with Crippen LogP contribution in [0.1, 0.15) is 88.9 Å². The van der Waals surface area contributed by atoms with E-state index in [-0.39, 0.29) is 70.6 Å². The van der Waals surface area contributed by atoms with E-state index in [2.05, 4.69) is 147 Å². The van der Waals surface area contributed by atoms with Crippen LogP contribution in [-0.2, 0) is 10.8 Å². The van der Waals surface area contributed by atoms with Gasteiger partial charge in [0.05, 0.1) is 36.6 Å². The number of aromatic nitrogens is 2. The Morgan fingerprint density at radius 3 is 2.02 bits per heavy atom. The van der Waals surface area contributed by atoms with E-state index in [1.807, 2.05) is 12.3 Å². The molecule has 10 rings (SSSR count). The van der Waals surface area contributed by atoms with Crippen molar-refractivity contribution in [2.24, 2.45) is 0 Å². The molecule has 270 valence electrons. The molecule has 0 spiro atoms. The molecule has 2 aliphatic carbocycles. The Hall–Kier alpha value is -5.55. The maximum Gasteiger partial charge on any atom is 0.137 e. The summed E-state index contributed by atoms with van der Waals surface area (Å²) in [7, 11) is 0. The van der Waals surface area contributed by atoms with E-state index in [1.54, 1.807) is 0 Å². The van der Waals surface area contributed by atoms with Crippen molar-refractivity contribution in [3.63, 3.8) is 0 Å². The molecular weight excluding hydrogens is 661 g/mol. The predicted molar refractivity (Wildman–Crippen MR) is 223 cm³/mol. The summed E-state index contributed by atoms with van der Waals surface area (Å²) in [6.07, 6.45) is 2.84. The zero-order chi connectivity index (χ0) is 41.3. The average Bonchev–Trinajstić information content (AvgIpc) is 3.97. The number of fused-ring (bicyclic) bond motifs is 11. The van der Waals surface area contributed by atoms with Crippen LogP contribution in [0, 0.1) is 0 Å². The van der Waals surface area contributed by atoms with E-state index in [0.717, 1.165) is 45.3 Å². The molecule has 0 amide bonds. The summed E-state index contributed by atoms with van der Waals surface area (Å²) < 4.78 is 52.6. The third-order valence-electron chi connectivity index (χ3n) is 12.1. The summed E-state index contributed by atoms with van der Waals surface area (Å²) in [6, 6.07) is 32.8. The topological polar surface area (TPSA) is 33.5 Å². The first-order valence-corrected chi connectivity index (χ1v) is 19.1. The zero-order valence-electron chi connectivity index (χ0n) is 36.7. The van der Waals surface area contributed by atoms with Crippen molar-refractivity contribution in [3.05, 3.63) is 156 Å². The van der Waals surface area contributed by atoms with Crippen molar-refractivity contribution < 1.29 is 11.6 Å². The Kier molecular flexibility index (Phi) is 6.20. The van der Waals surface area contributed by atoms with E-state index in [9.17, 15) is 0 Å². The number of anilines is 2. The molecule has 3 aliphatic rings. The van der Waals surface area contributed by atoms with Crippen LogP contribution in [0.25, 0.3) is 27.6 Å². The average molecular weight is 714 g/mol. The molecule has 2 unspecified atom stereocenters. The monoisotopic (exact) mass is 713 g/mol. The van der Waals surface area contributed by atoms with E-state index >= 15 is 0 Å². The lowest BCUT2D eigenvalue weighted by Crippen LogP contribution is -2.41. The molecule has 1 aliphatic heterocycles. The summed E-state index contributed by atoms with van der Waals surface area (Å²) in [5, 5.41) is 2.26. The van der Waals surface area contributed by atoms with Crippen LogP contribution in [0.15, 0.2) is 133 Å². The van der Waals surface area contributed by atoms with E-state index in [4.69, 9.17) is 16.6 Å². The number of pyridine rings is 1. The minimum atomic E-state index is -0.373. The van der Waals surface area contributed by atoms with Crippen LogP contribution < -0.4 is 14.5 Å². The minimum absolute atomic E-state index is 0.0271. The standard InChI is InChI=1S/C49H48N4O/c1-48(2,3)31-22-23-50-45(26-31)53-43-19-13-12-18-39(43)40-21-20-35(28-44(40)53)54-36-25-32(49(4,5)6)24-34(27-36)52-30-51(33-14-8-7-9-15-33)46-41-29-42(47(46)52)38-17-11-10-16-37(38)41/h7-28,41-42,46-47H,29-30H2,1-6H3/t41-,42+,46?,47?/m0/s1/i7D,8D,9D,14D,15D. The largest absolute Gasteiger partial charge is 0.457 e. The number of nitrogens with zero attached hydrogens (tertiary/aromatic N) is 4. The van der Waals surface area contributed by atoms with Gasteiger partial charge < -0.3 is 14.5 Å². The van der Waals surface area contributed by atoms with Gasteiger partial charge in [-0.25, -0.2) is 4.98 Å². The predicted octanol–water partition coefficient (Wildman–Crippen LogP) is 11.9. The van der Waals surface area contributed by atoms with Crippen molar-refractivity contribution in [1.29, 1.82) is 0 Å². The van der Waals surface area contributed by atoms with Gasteiger partial charge >= 0.3 is 0 Å². The zero-order valence-corrected chi connectivity index (χ0v) is 31.7. The van der Waals surface area contributed by atoms with Crippen LogP contribution in [0.5, 0.6) is 11.5 Å². The third kappa shape index (κ3) is 5.23. The summed E-state index contributed by atoms with van der Waals surface area (Å²) in [5.41, 5.74) is 8.07. The molecule has 0 N–H and O–H groups in total. The number of benzene rings is 5. The molecule has 4 atom stereocenters.